The number of piperidine rings is 1. The van der Waals surface area contributed by atoms with Crippen LogP contribution in [0.1, 0.15) is 25.7 Å². The quantitative estimate of drug-likeness (QED) is 0.599. The van der Waals surface area contributed by atoms with Crippen molar-refractivity contribution in [1.82, 2.24) is 10.2 Å². The molecule has 3 rings (SSSR count). The monoisotopic (exact) mass is 362 g/mol. The van der Waals surface area contributed by atoms with Crippen LogP contribution in [-0.2, 0) is 4.74 Å². The Kier molecular flexibility index (Phi) is 7.33. The first kappa shape index (κ1) is 18.4. The fourth-order valence-electron chi connectivity index (χ4n) is 3.41. The third kappa shape index (κ3) is 6.13. The lowest BCUT2D eigenvalue weighted by Gasteiger charge is -2.29. The van der Waals surface area contributed by atoms with Crippen LogP contribution in [0.2, 0.25) is 0 Å². The molecule has 0 aliphatic carbocycles. The average molecular weight is 363 g/mol. The van der Waals surface area contributed by atoms with Gasteiger partial charge in [-0.3, -0.25) is 4.90 Å². The van der Waals surface area contributed by atoms with Crippen LogP contribution in [0.4, 0.5) is 11.4 Å². The van der Waals surface area contributed by atoms with Crippen molar-refractivity contribution >= 4 is 28.7 Å². The normalized spacial score (nSPS) is 18.8. The van der Waals surface area contributed by atoms with Crippen LogP contribution >= 0.6 is 12.2 Å². The SMILES string of the molecule is S=C(NCCCN1CCOCC1)Nc1ccc(N2CCCCC2)cc1. The van der Waals surface area contributed by atoms with E-state index in [-0.39, 0.29) is 0 Å². The molecule has 0 aromatic heterocycles. The molecule has 2 fully saturated rings. The molecular formula is C19H30N4OS. The molecule has 1 aromatic rings. The first-order valence-electron chi connectivity index (χ1n) is 9.51. The minimum absolute atomic E-state index is 0.702. The maximum atomic E-state index is 5.40. The highest BCUT2D eigenvalue weighted by Crippen LogP contribution is 2.21. The van der Waals surface area contributed by atoms with E-state index in [0.29, 0.717) is 5.11 Å². The maximum absolute atomic E-state index is 5.40. The molecule has 0 atom stereocenters. The molecule has 5 nitrogen and oxygen atoms in total. The summed E-state index contributed by atoms with van der Waals surface area (Å²) in [7, 11) is 0. The van der Waals surface area contributed by atoms with Crippen molar-refractivity contribution in [3.8, 4) is 0 Å². The van der Waals surface area contributed by atoms with E-state index in [1.807, 2.05) is 0 Å². The number of morpholine rings is 1. The van der Waals surface area contributed by atoms with E-state index in [0.717, 1.165) is 51.5 Å². The predicted octanol–water partition coefficient (Wildman–Crippen LogP) is 2.69. The number of thiocarbonyl (C=S) groups is 1. The van der Waals surface area contributed by atoms with Crippen molar-refractivity contribution < 1.29 is 4.74 Å². The molecule has 138 valence electrons. The van der Waals surface area contributed by atoms with Gasteiger partial charge in [0.05, 0.1) is 13.2 Å². The van der Waals surface area contributed by atoms with Crippen LogP contribution < -0.4 is 15.5 Å². The van der Waals surface area contributed by atoms with Crippen LogP contribution in [0.15, 0.2) is 24.3 Å². The van der Waals surface area contributed by atoms with Crippen molar-refractivity contribution in [3.63, 3.8) is 0 Å². The molecule has 0 spiro atoms. The maximum Gasteiger partial charge on any atom is 0.170 e. The highest BCUT2D eigenvalue weighted by atomic mass is 32.1. The predicted molar refractivity (Wildman–Crippen MR) is 109 cm³/mol. The Bertz CT molecular complexity index is 525. The molecule has 2 heterocycles. The molecule has 0 radical (unpaired) electrons. The highest BCUT2D eigenvalue weighted by molar-refractivity contribution is 7.80. The van der Waals surface area contributed by atoms with Gasteiger partial charge in [-0.25, -0.2) is 0 Å². The zero-order valence-electron chi connectivity index (χ0n) is 15.0. The Morgan fingerprint density at radius 3 is 2.44 bits per heavy atom. The second kappa shape index (κ2) is 9.94. The Morgan fingerprint density at radius 1 is 1.00 bits per heavy atom. The van der Waals surface area contributed by atoms with Gasteiger partial charge >= 0.3 is 0 Å². The summed E-state index contributed by atoms with van der Waals surface area (Å²) in [5, 5.41) is 7.28. The molecule has 2 aliphatic rings. The molecule has 0 bridgehead atoms. The molecular weight excluding hydrogens is 332 g/mol. The summed E-state index contributed by atoms with van der Waals surface area (Å²) in [6.45, 7) is 8.17. The summed E-state index contributed by atoms with van der Waals surface area (Å²) in [6, 6.07) is 8.61. The first-order valence-corrected chi connectivity index (χ1v) is 9.92. The number of anilines is 2. The summed E-state index contributed by atoms with van der Waals surface area (Å²) < 4.78 is 5.37. The fraction of sp³-hybridized carbons (Fsp3) is 0.632. The topological polar surface area (TPSA) is 39.8 Å². The van der Waals surface area contributed by atoms with Crippen LogP contribution in [0.5, 0.6) is 0 Å². The zero-order chi connectivity index (χ0) is 17.3. The fourth-order valence-corrected chi connectivity index (χ4v) is 3.63. The Balaban J connectivity index is 1.34. The van der Waals surface area contributed by atoms with Crippen molar-refractivity contribution in [2.75, 3.05) is 62.7 Å². The first-order chi connectivity index (χ1) is 12.3. The third-order valence-electron chi connectivity index (χ3n) is 4.89. The smallest absolute Gasteiger partial charge is 0.170 e. The van der Waals surface area contributed by atoms with Crippen LogP contribution in [0, 0.1) is 0 Å². The molecule has 0 saturated carbocycles. The number of benzene rings is 1. The number of hydrogen-bond acceptors (Lipinski definition) is 4. The third-order valence-corrected chi connectivity index (χ3v) is 5.13. The van der Waals surface area contributed by atoms with Gasteiger partial charge in [-0.15, -0.1) is 0 Å². The van der Waals surface area contributed by atoms with Gasteiger partial charge in [0, 0.05) is 44.1 Å². The van der Waals surface area contributed by atoms with Gasteiger partial charge in [-0.1, -0.05) is 0 Å². The van der Waals surface area contributed by atoms with E-state index in [4.69, 9.17) is 17.0 Å². The van der Waals surface area contributed by atoms with Gasteiger partial charge in [0.25, 0.3) is 0 Å². The van der Waals surface area contributed by atoms with Gasteiger partial charge in [0.1, 0.15) is 0 Å². The summed E-state index contributed by atoms with van der Waals surface area (Å²) in [5.74, 6) is 0. The highest BCUT2D eigenvalue weighted by Gasteiger charge is 2.11. The second-order valence-electron chi connectivity index (χ2n) is 6.78. The Hall–Kier alpha value is -1.37. The summed E-state index contributed by atoms with van der Waals surface area (Å²) >= 11 is 5.40. The van der Waals surface area contributed by atoms with Gasteiger partial charge in [0.2, 0.25) is 0 Å². The van der Waals surface area contributed by atoms with E-state index in [9.17, 15) is 0 Å². The van der Waals surface area contributed by atoms with E-state index >= 15 is 0 Å². The number of rotatable bonds is 6. The lowest BCUT2D eigenvalue weighted by atomic mass is 10.1. The van der Waals surface area contributed by atoms with Crippen molar-refractivity contribution in [3.05, 3.63) is 24.3 Å². The Morgan fingerprint density at radius 2 is 1.72 bits per heavy atom. The summed E-state index contributed by atoms with van der Waals surface area (Å²) in [6.07, 6.45) is 5.06. The van der Waals surface area contributed by atoms with Crippen LogP contribution in [-0.4, -0.2) is 62.5 Å². The van der Waals surface area contributed by atoms with Crippen molar-refractivity contribution in [1.29, 1.82) is 0 Å². The Labute approximate surface area is 156 Å². The van der Waals surface area contributed by atoms with Crippen molar-refractivity contribution in [2.24, 2.45) is 0 Å². The minimum atomic E-state index is 0.702. The molecule has 1 aromatic carbocycles. The minimum Gasteiger partial charge on any atom is -0.379 e. The van der Waals surface area contributed by atoms with E-state index in [2.05, 4.69) is 44.7 Å². The molecule has 6 heteroatoms. The number of nitrogens with one attached hydrogen (secondary N) is 2. The summed E-state index contributed by atoms with van der Waals surface area (Å²) in [5.41, 5.74) is 2.36. The van der Waals surface area contributed by atoms with Crippen LogP contribution in [0.3, 0.4) is 0 Å². The lowest BCUT2D eigenvalue weighted by Crippen LogP contribution is -2.38. The van der Waals surface area contributed by atoms with Gasteiger partial charge in [0.15, 0.2) is 5.11 Å². The van der Waals surface area contributed by atoms with Gasteiger partial charge in [-0.2, -0.15) is 0 Å². The number of nitrogens with zero attached hydrogens (tertiary/aromatic N) is 2. The van der Waals surface area contributed by atoms with Crippen molar-refractivity contribution in [2.45, 2.75) is 25.7 Å². The molecule has 0 amide bonds. The van der Waals surface area contributed by atoms with Crippen LogP contribution in [0.25, 0.3) is 0 Å². The molecule has 2 N–H and O–H groups in total. The molecule has 25 heavy (non-hydrogen) atoms. The largest absolute Gasteiger partial charge is 0.379 e. The lowest BCUT2D eigenvalue weighted by molar-refractivity contribution is 0.0376. The summed E-state index contributed by atoms with van der Waals surface area (Å²) in [4.78, 5) is 4.91. The van der Waals surface area contributed by atoms with Gasteiger partial charge in [-0.05, 0) is 68.7 Å². The molecule has 2 saturated heterocycles. The zero-order valence-corrected chi connectivity index (χ0v) is 15.8. The van der Waals surface area contributed by atoms with E-state index in [1.165, 1.54) is 38.0 Å². The number of ether oxygens (including phenoxy) is 1. The second-order valence-corrected chi connectivity index (χ2v) is 7.19. The number of hydrogen-bond donors (Lipinski definition) is 2. The molecule has 0 unspecified atom stereocenters. The standard InChI is InChI=1S/C19H30N4OS/c25-19(20-9-4-10-22-13-15-24-16-14-22)21-17-5-7-18(8-6-17)23-11-2-1-3-12-23/h5-8H,1-4,9-16H2,(H2,20,21,25). The molecule has 2 aliphatic heterocycles. The van der Waals surface area contributed by atoms with Gasteiger partial charge < -0.3 is 20.3 Å². The van der Waals surface area contributed by atoms with E-state index in [1.54, 1.807) is 0 Å². The average Bonchev–Trinajstić information content (AvgIpc) is 2.67. The van der Waals surface area contributed by atoms with E-state index < -0.39 is 0 Å².